The molecule has 1 aromatic carbocycles. The van der Waals surface area contributed by atoms with Gasteiger partial charge < -0.3 is 0 Å². The summed E-state index contributed by atoms with van der Waals surface area (Å²) in [6, 6.07) is 7.31. The van der Waals surface area contributed by atoms with Crippen LogP contribution in [-0.2, 0) is 4.79 Å². The predicted molar refractivity (Wildman–Crippen MR) is 76.9 cm³/mol. The van der Waals surface area contributed by atoms with Crippen molar-refractivity contribution in [1.29, 1.82) is 0 Å². The predicted octanol–water partition coefficient (Wildman–Crippen LogP) is 3.34. The van der Waals surface area contributed by atoms with Crippen molar-refractivity contribution in [2.75, 3.05) is 6.54 Å². The third-order valence-electron chi connectivity index (χ3n) is 2.97. The molecule has 0 spiro atoms. The number of hydrogen-bond acceptors (Lipinski definition) is 2. The summed E-state index contributed by atoms with van der Waals surface area (Å²) in [4.78, 5) is 25.9. The molecule has 0 N–H and O–H groups in total. The molecule has 0 unspecified atom stereocenters. The number of rotatable bonds is 5. The lowest BCUT2D eigenvalue weighted by Crippen LogP contribution is -2.38. The van der Waals surface area contributed by atoms with Gasteiger partial charge in [-0.3, -0.25) is 14.5 Å². The maximum absolute atomic E-state index is 12.5. The Hall–Kier alpha value is -1.90. The van der Waals surface area contributed by atoms with Gasteiger partial charge in [0.05, 0.1) is 0 Å². The standard InChI is InChI=1S/C16H21NO2/c1-5-6-11-17(15(18)12(2)3)16(19)14-10-8-7-9-13(14)4/h7-10H,2,5-6,11H2,1,3-4H3. The number of imide groups is 1. The topological polar surface area (TPSA) is 37.4 Å². The van der Waals surface area contributed by atoms with Crippen LogP contribution >= 0.6 is 0 Å². The molecule has 3 heteroatoms. The molecule has 0 aliphatic heterocycles. The Morgan fingerprint density at radius 3 is 2.42 bits per heavy atom. The van der Waals surface area contributed by atoms with Crippen molar-refractivity contribution in [3.05, 3.63) is 47.5 Å². The Morgan fingerprint density at radius 2 is 1.89 bits per heavy atom. The SMILES string of the molecule is C=C(C)C(=O)N(CCCC)C(=O)c1ccccc1C. The highest BCUT2D eigenvalue weighted by atomic mass is 16.2. The first-order valence-electron chi connectivity index (χ1n) is 6.56. The molecule has 1 rings (SSSR count). The Morgan fingerprint density at radius 1 is 1.26 bits per heavy atom. The highest BCUT2D eigenvalue weighted by Gasteiger charge is 2.23. The van der Waals surface area contributed by atoms with Gasteiger partial charge in [0.2, 0.25) is 0 Å². The zero-order chi connectivity index (χ0) is 14.4. The minimum Gasteiger partial charge on any atom is -0.275 e. The van der Waals surface area contributed by atoms with Gasteiger partial charge in [0.1, 0.15) is 0 Å². The molecule has 0 heterocycles. The van der Waals surface area contributed by atoms with Crippen LogP contribution in [0, 0.1) is 6.92 Å². The summed E-state index contributed by atoms with van der Waals surface area (Å²) in [5.41, 5.74) is 1.84. The van der Waals surface area contributed by atoms with E-state index in [0.717, 1.165) is 18.4 Å². The second-order valence-electron chi connectivity index (χ2n) is 4.71. The number of hydrogen-bond donors (Lipinski definition) is 0. The van der Waals surface area contributed by atoms with Crippen LogP contribution in [0.3, 0.4) is 0 Å². The molecule has 2 amide bonds. The normalized spacial score (nSPS) is 10.1. The summed E-state index contributed by atoms with van der Waals surface area (Å²) in [5, 5.41) is 0. The second kappa shape index (κ2) is 6.88. The van der Waals surface area contributed by atoms with Crippen molar-refractivity contribution < 1.29 is 9.59 Å². The maximum atomic E-state index is 12.5. The Labute approximate surface area is 114 Å². The van der Waals surface area contributed by atoms with Crippen LogP contribution in [0.5, 0.6) is 0 Å². The van der Waals surface area contributed by atoms with Crippen molar-refractivity contribution in [3.63, 3.8) is 0 Å². The minimum atomic E-state index is -0.290. The van der Waals surface area contributed by atoms with Crippen molar-refractivity contribution in [2.24, 2.45) is 0 Å². The molecule has 0 fully saturated rings. The highest BCUT2D eigenvalue weighted by Crippen LogP contribution is 2.13. The van der Waals surface area contributed by atoms with Crippen LogP contribution in [0.15, 0.2) is 36.4 Å². The molecule has 0 aromatic heterocycles. The minimum absolute atomic E-state index is 0.237. The van der Waals surface area contributed by atoms with Crippen LogP contribution in [0.2, 0.25) is 0 Å². The Balaban J connectivity index is 3.04. The van der Waals surface area contributed by atoms with E-state index in [4.69, 9.17) is 0 Å². The molecule has 0 saturated heterocycles. The second-order valence-corrected chi connectivity index (χ2v) is 4.71. The van der Waals surface area contributed by atoms with E-state index in [1.165, 1.54) is 4.90 Å². The van der Waals surface area contributed by atoms with E-state index in [0.29, 0.717) is 17.7 Å². The van der Waals surface area contributed by atoms with E-state index in [9.17, 15) is 9.59 Å². The summed E-state index contributed by atoms with van der Waals surface area (Å²) in [7, 11) is 0. The lowest BCUT2D eigenvalue weighted by Gasteiger charge is -2.21. The summed E-state index contributed by atoms with van der Waals surface area (Å²) in [6.07, 6.45) is 1.73. The fourth-order valence-electron chi connectivity index (χ4n) is 1.80. The van der Waals surface area contributed by atoms with Gasteiger partial charge in [0, 0.05) is 17.7 Å². The van der Waals surface area contributed by atoms with Gasteiger partial charge in [0.25, 0.3) is 11.8 Å². The first-order valence-corrected chi connectivity index (χ1v) is 6.56. The number of aryl methyl sites for hydroxylation is 1. The Kier molecular flexibility index (Phi) is 5.49. The van der Waals surface area contributed by atoms with Crippen LogP contribution in [0.1, 0.15) is 42.6 Å². The molecule has 3 nitrogen and oxygen atoms in total. The van der Waals surface area contributed by atoms with Gasteiger partial charge in [0.15, 0.2) is 0 Å². The van der Waals surface area contributed by atoms with E-state index in [-0.39, 0.29) is 11.8 Å². The van der Waals surface area contributed by atoms with Crippen molar-refractivity contribution in [3.8, 4) is 0 Å². The average Bonchev–Trinajstić information content (AvgIpc) is 2.39. The number of unbranched alkanes of at least 4 members (excludes halogenated alkanes) is 1. The first-order chi connectivity index (χ1) is 8.99. The van der Waals surface area contributed by atoms with Crippen molar-refractivity contribution in [2.45, 2.75) is 33.6 Å². The maximum Gasteiger partial charge on any atom is 0.260 e. The number of nitrogens with zero attached hydrogens (tertiary/aromatic N) is 1. The van der Waals surface area contributed by atoms with E-state index in [1.54, 1.807) is 13.0 Å². The van der Waals surface area contributed by atoms with Crippen LogP contribution in [0.25, 0.3) is 0 Å². The van der Waals surface area contributed by atoms with Crippen LogP contribution in [0.4, 0.5) is 0 Å². The number of carbonyl (C=O) groups excluding carboxylic acids is 2. The van der Waals surface area contributed by atoms with E-state index in [2.05, 4.69) is 6.58 Å². The fraction of sp³-hybridized carbons (Fsp3) is 0.375. The van der Waals surface area contributed by atoms with E-state index in [1.807, 2.05) is 32.0 Å². The Bertz CT molecular complexity index is 491. The summed E-state index contributed by atoms with van der Waals surface area (Å²) >= 11 is 0. The third-order valence-corrected chi connectivity index (χ3v) is 2.97. The van der Waals surface area contributed by atoms with Gasteiger partial charge in [-0.15, -0.1) is 0 Å². The summed E-state index contributed by atoms with van der Waals surface area (Å²) < 4.78 is 0. The van der Waals surface area contributed by atoms with Crippen molar-refractivity contribution >= 4 is 11.8 Å². The molecule has 0 aliphatic rings. The smallest absolute Gasteiger partial charge is 0.260 e. The number of carbonyl (C=O) groups is 2. The van der Waals surface area contributed by atoms with Crippen LogP contribution in [-0.4, -0.2) is 23.3 Å². The van der Waals surface area contributed by atoms with Crippen molar-refractivity contribution in [1.82, 2.24) is 4.90 Å². The molecular weight excluding hydrogens is 238 g/mol. The molecule has 102 valence electrons. The van der Waals surface area contributed by atoms with Gasteiger partial charge in [-0.2, -0.15) is 0 Å². The molecule has 0 aliphatic carbocycles. The molecule has 0 bridgehead atoms. The monoisotopic (exact) mass is 259 g/mol. The molecule has 1 aromatic rings. The zero-order valence-corrected chi connectivity index (χ0v) is 11.9. The third kappa shape index (κ3) is 3.78. The highest BCUT2D eigenvalue weighted by molar-refractivity contribution is 6.10. The lowest BCUT2D eigenvalue weighted by molar-refractivity contribution is -0.124. The molecule has 0 radical (unpaired) electrons. The van der Waals surface area contributed by atoms with Gasteiger partial charge >= 0.3 is 0 Å². The lowest BCUT2D eigenvalue weighted by atomic mass is 10.1. The number of benzene rings is 1. The van der Waals surface area contributed by atoms with Gasteiger partial charge in [-0.25, -0.2) is 0 Å². The molecular formula is C16H21NO2. The van der Waals surface area contributed by atoms with Gasteiger partial charge in [-0.05, 0) is 31.9 Å². The quantitative estimate of drug-likeness (QED) is 0.760. The largest absolute Gasteiger partial charge is 0.275 e. The number of amides is 2. The van der Waals surface area contributed by atoms with Crippen LogP contribution < -0.4 is 0 Å². The summed E-state index contributed by atoms with van der Waals surface area (Å²) in [5.74, 6) is -0.527. The molecule has 0 atom stereocenters. The first kappa shape index (κ1) is 15.2. The fourth-order valence-corrected chi connectivity index (χ4v) is 1.80. The average molecular weight is 259 g/mol. The van der Waals surface area contributed by atoms with E-state index < -0.39 is 0 Å². The zero-order valence-electron chi connectivity index (χ0n) is 11.9. The molecule has 19 heavy (non-hydrogen) atoms. The molecule has 0 saturated carbocycles. The van der Waals surface area contributed by atoms with E-state index >= 15 is 0 Å². The summed E-state index contributed by atoms with van der Waals surface area (Å²) in [6.45, 7) is 9.61. The van der Waals surface area contributed by atoms with Gasteiger partial charge in [-0.1, -0.05) is 38.1 Å².